The van der Waals surface area contributed by atoms with Gasteiger partial charge in [0.2, 0.25) is 15.9 Å². The topological polar surface area (TPSA) is 79.4 Å². The zero-order chi connectivity index (χ0) is 23.7. The van der Waals surface area contributed by atoms with Crippen LogP contribution in [0.5, 0.6) is 5.75 Å². The van der Waals surface area contributed by atoms with Gasteiger partial charge in [0.1, 0.15) is 12.4 Å². The lowest BCUT2D eigenvalue weighted by Gasteiger charge is -2.34. The maximum Gasteiger partial charge on any atom is 0.248 e. The van der Waals surface area contributed by atoms with Crippen molar-refractivity contribution in [2.75, 3.05) is 66.6 Å². The van der Waals surface area contributed by atoms with Crippen molar-refractivity contribution in [3.8, 4) is 5.75 Å². The number of carbonyl (C=O) groups is 1. The predicted octanol–water partition coefficient (Wildman–Crippen LogP) is 2.28. The summed E-state index contributed by atoms with van der Waals surface area (Å²) in [7, 11) is -0.200. The van der Waals surface area contributed by atoms with Crippen LogP contribution in [0.25, 0.3) is 0 Å². The Labute approximate surface area is 193 Å². The SMILES string of the molecule is CCCN1CCN(C(=O)COC)CC1.COc1cc(C)c(S(=O)(=O)N2CCCC2)c(C)c1. The molecule has 0 unspecified atom stereocenters. The van der Waals surface area contributed by atoms with Crippen LogP contribution in [0.15, 0.2) is 17.0 Å². The van der Waals surface area contributed by atoms with E-state index in [1.54, 1.807) is 30.7 Å². The molecule has 2 heterocycles. The van der Waals surface area contributed by atoms with E-state index in [0.29, 0.717) is 23.7 Å². The highest BCUT2D eigenvalue weighted by Gasteiger charge is 2.30. The average Bonchev–Trinajstić information content (AvgIpc) is 3.30. The molecule has 0 saturated carbocycles. The lowest BCUT2D eigenvalue weighted by atomic mass is 10.1. The lowest BCUT2D eigenvalue weighted by molar-refractivity contribution is -0.136. The fourth-order valence-corrected chi connectivity index (χ4v) is 6.17. The molecule has 2 aliphatic heterocycles. The minimum absolute atomic E-state index is 0.114. The maximum absolute atomic E-state index is 12.6. The third kappa shape index (κ3) is 6.91. The van der Waals surface area contributed by atoms with Gasteiger partial charge in [-0.25, -0.2) is 8.42 Å². The van der Waals surface area contributed by atoms with Crippen LogP contribution in [0, 0.1) is 13.8 Å². The zero-order valence-electron chi connectivity index (χ0n) is 20.2. The summed E-state index contributed by atoms with van der Waals surface area (Å²) in [4.78, 5) is 16.2. The van der Waals surface area contributed by atoms with E-state index in [9.17, 15) is 13.2 Å². The summed E-state index contributed by atoms with van der Waals surface area (Å²) in [5, 5.41) is 0. The molecule has 2 fully saturated rings. The normalized spacial score (nSPS) is 17.7. The van der Waals surface area contributed by atoms with Gasteiger partial charge in [0.05, 0.1) is 12.0 Å². The average molecular weight is 470 g/mol. The number of benzene rings is 1. The molecule has 2 aliphatic rings. The third-order valence-electron chi connectivity index (χ3n) is 5.87. The van der Waals surface area contributed by atoms with Crippen LogP contribution >= 0.6 is 0 Å². The quantitative estimate of drug-likeness (QED) is 0.610. The van der Waals surface area contributed by atoms with Crippen molar-refractivity contribution in [1.82, 2.24) is 14.1 Å². The summed E-state index contributed by atoms with van der Waals surface area (Å²) in [6, 6.07) is 3.55. The van der Waals surface area contributed by atoms with Gasteiger partial charge in [-0.05, 0) is 62.9 Å². The molecule has 3 rings (SSSR count). The molecule has 0 aliphatic carbocycles. The van der Waals surface area contributed by atoms with Crippen molar-refractivity contribution in [2.45, 2.75) is 44.9 Å². The Kier molecular flexibility index (Phi) is 10.4. The number of nitrogens with zero attached hydrogens (tertiary/aromatic N) is 3. The molecule has 9 heteroatoms. The third-order valence-corrected chi connectivity index (χ3v) is 8.07. The standard InChI is InChI=1S/C13H19NO3S.C10H20N2O2/c1-10-8-12(17-3)9-11(2)13(10)18(15,16)14-6-4-5-7-14;1-3-4-11-5-7-12(8-6-11)10(13)9-14-2/h8-9H,4-7H2,1-3H3;3-9H2,1-2H3. The van der Waals surface area contributed by atoms with Crippen LogP contribution in [0.1, 0.15) is 37.3 Å². The first-order valence-electron chi connectivity index (χ1n) is 11.4. The van der Waals surface area contributed by atoms with E-state index < -0.39 is 10.0 Å². The molecular weight excluding hydrogens is 430 g/mol. The van der Waals surface area contributed by atoms with Crippen molar-refractivity contribution in [3.63, 3.8) is 0 Å². The van der Waals surface area contributed by atoms with Crippen molar-refractivity contribution >= 4 is 15.9 Å². The molecule has 1 aromatic rings. The fraction of sp³-hybridized carbons (Fsp3) is 0.696. The number of hydrogen-bond donors (Lipinski definition) is 0. The molecule has 0 radical (unpaired) electrons. The molecule has 0 atom stereocenters. The van der Waals surface area contributed by atoms with Gasteiger partial charge < -0.3 is 14.4 Å². The molecule has 2 saturated heterocycles. The Balaban J connectivity index is 0.000000235. The maximum atomic E-state index is 12.6. The monoisotopic (exact) mass is 469 g/mol. The van der Waals surface area contributed by atoms with Gasteiger partial charge >= 0.3 is 0 Å². The number of rotatable bonds is 7. The number of amides is 1. The Morgan fingerprint density at radius 1 is 0.969 bits per heavy atom. The highest BCUT2D eigenvalue weighted by molar-refractivity contribution is 7.89. The minimum Gasteiger partial charge on any atom is -0.497 e. The number of hydrogen-bond acceptors (Lipinski definition) is 6. The number of ether oxygens (including phenoxy) is 2. The summed E-state index contributed by atoms with van der Waals surface area (Å²) in [6.07, 6.45) is 3.09. The number of carbonyl (C=O) groups excluding carboxylic acids is 1. The van der Waals surface area contributed by atoms with E-state index in [-0.39, 0.29) is 12.5 Å². The Morgan fingerprint density at radius 2 is 1.53 bits per heavy atom. The second kappa shape index (κ2) is 12.5. The zero-order valence-corrected chi connectivity index (χ0v) is 21.0. The van der Waals surface area contributed by atoms with E-state index in [2.05, 4.69) is 11.8 Å². The summed E-state index contributed by atoms with van der Waals surface area (Å²) in [5.41, 5.74) is 1.50. The van der Waals surface area contributed by atoms with E-state index in [0.717, 1.165) is 56.7 Å². The molecule has 32 heavy (non-hydrogen) atoms. The van der Waals surface area contributed by atoms with Crippen LogP contribution in [0.2, 0.25) is 0 Å². The molecule has 0 spiro atoms. The molecule has 0 aromatic heterocycles. The first-order valence-corrected chi connectivity index (χ1v) is 12.8. The Bertz CT molecular complexity index is 822. The van der Waals surface area contributed by atoms with Crippen LogP contribution in [-0.2, 0) is 19.6 Å². The van der Waals surface area contributed by atoms with E-state index >= 15 is 0 Å². The number of methoxy groups -OCH3 is 2. The van der Waals surface area contributed by atoms with Crippen molar-refractivity contribution in [1.29, 1.82) is 0 Å². The van der Waals surface area contributed by atoms with Gasteiger partial charge in [0.15, 0.2) is 0 Å². The lowest BCUT2D eigenvalue weighted by Crippen LogP contribution is -2.49. The summed E-state index contributed by atoms with van der Waals surface area (Å²) in [6.45, 7) is 12.1. The van der Waals surface area contributed by atoms with E-state index in [4.69, 9.17) is 9.47 Å². The number of piperazine rings is 1. The Hall–Kier alpha value is -1.68. The number of sulfonamides is 1. The van der Waals surface area contributed by atoms with Crippen LogP contribution in [0.3, 0.4) is 0 Å². The molecule has 0 bridgehead atoms. The first-order chi connectivity index (χ1) is 15.2. The molecule has 1 aromatic carbocycles. The largest absolute Gasteiger partial charge is 0.497 e. The van der Waals surface area contributed by atoms with E-state index in [1.165, 1.54) is 6.42 Å². The second-order valence-electron chi connectivity index (χ2n) is 8.36. The molecular formula is C23H39N3O5S. The van der Waals surface area contributed by atoms with Gasteiger partial charge in [-0.1, -0.05) is 6.92 Å². The minimum atomic E-state index is -3.35. The van der Waals surface area contributed by atoms with Crippen molar-refractivity contribution < 1.29 is 22.7 Å². The number of aryl methyl sites for hydroxylation is 2. The van der Waals surface area contributed by atoms with Gasteiger partial charge in [0.25, 0.3) is 0 Å². The fourth-order valence-electron chi connectivity index (χ4n) is 4.24. The molecule has 182 valence electrons. The highest BCUT2D eigenvalue weighted by Crippen LogP contribution is 2.29. The van der Waals surface area contributed by atoms with Crippen LogP contribution in [-0.4, -0.2) is 95.1 Å². The van der Waals surface area contributed by atoms with Crippen LogP contribution in [0.4, 0.5) is 0 Å². The van der Waals surface area contributed by atoms with Gasteiger partial charge in [-0.3, -0.25) is 9.69 Å². The van der Waals surface area contributed by atoms with Crippen molar-refractivity contribution in [3.05, 3.63) is 23.3 Å². The predicted molar refractivity (Wildman–Crippen MR) is 126 cm³/mol. The van der Waals surface area contributed by atoms with Gasteiger partial charge in [0, 0.05) is 46.4 Å². The highest BCUT2D eigenvalue weighted by atomic mass is 32.2. The van der Waals surface area contributed by atoms with Crippen molar-refractivity contribution in [2.24, 2.45) is 0 Å². The van der Waals surface area contributed by atoms with Crippen LogP contribution < -0.4 is 4.74 Å². The molecule has 1 amide bonds. The van der Waals surface area contributed by atoms with E-state index in [1.807, 2.05) is 18.7 Å². The smallest absolute Gasteiger partial charge is 0.248 e. The molecule has 8 nitrogen and oxygen atoms in total. The summed E-state index contributed by atoms with van der Waals surface area (Å²) >= 11 is 0. The first kappa shape index (κ1) is 26.6. The Morgan fingerprint density at radius 3 is 2.00 bits per heavy atom. The van der Waals surface area contributed by atoms with Gasteiger partial charge in [-0.2, -0.15) is 4.31 Å². The van der Waals surface area contributed by atoms with Gasteiger partial charge in [-0.15, -0.1) is 0 Å². The summed E-state index contributed by atoms with van der Waals surface area (Å²) in [5.74, 6) is 0.814. The summed E-state index contributed by atoms with van der Waals surface area (Å²) < 4.78 is 36.7. The molecule has 0 N–H and O–H groups in total. The second-order valence-corrected chi connectivity index (χ2v) is 10.2.